The van der Waals surface area contributed by atoms with E-state index in [0.29, 0.717) is 24.9 Å². The summed E-state index contributed by atoms with van der Waals surface area (Å²) >= 11 is 0. The van der Waals surface area contributed by atoms with Crippen LogP contribution in [0.5, 0.6) is 0 Å². The number of aromatic nitrogens is 2. The molecule has 0 aliphatic heterocycles. The van der Waals surface area contributed by atoms with Gasteiger partial charge in [-0.1, -0.05) is 0 Å². The van der Waals surface area contributed by atoms with Crippen molar-refractivity contribution < 1.29 is 4.74 Å². The van der Waals surface area contributed by atoms with Crippen LogP contribution in [0.1, 0.15) is 0 Å². The lowest BCUT2D eigenvalue weighted by Gasteiger charge is -2.05. The number of nitrogens with two attached hydrogens (primary N) is 1. The number of nitrogens with one attached hydrogen (secondary N) is 2. The van der Waals surface area contributed by atoms with E-state index >= 15 is 0 Å². The molecule has 84 valence electrons. The van der Waals surface area contributed by atoms with E-state index in [4.69, 9.17) is 10.6 Å². The molecule has 0 saturated carbocycles. The Morgan fingerprint density at radius 2 is 2.53 bits per heavy atom. The molecule has 1 heterocycles. The number of methoxy groups -OCH3 is 1. The summed E-state index contributed by atoms with van der Waals surface area (Å²) in [5, 5.41) is 7.06. The molecule has 0 spiro atoms. The van der Waals surface area contributed by atoms with Crippen molar-refractivity contribution >= 4 is 11.8 Å². The van der Waals surface area contributed by atoms with Crippen molar-refractivity contribution in [3.8, 4) is 0 Å². The Kier molecular flexibility index (Phi) is 4.58. The predicted molar refractivity (Wildman–Crippen MR) is 58.3 cm³/mol. The van der Waals surface area contributed by atoms with Crippen LogP contribution >= 0.6 is 0 Å². The van der Waals surface area contributed by atoms with Crippen LogP contribution in [-0.2, 0) is 11.8 Å². The number of hydrogen-bond donors (Lipinski definition) is 3. The summed E-state index contributed by atoms with van der Waals surface area (Å²) in [6.07, 6.45) is 1.83. The van der Waals surface area contributed by atoms with Crippen LogP contribution in [0.3, 0.4) is 0 Å². The van der Waals surface area contributed by atoms with Crippen LogP contribution in [-0.4, -0.2) is 36.0 Å². The molecule has 0 radical (unpaired) electrons. The first-order valence-corrected chi connectivity index (χ1v) is 4.53. The first-order valence-electron chi connectivity index (χ1n) is 4.53. The second-order valence-corrected chi connectivity index (χ2v) is 2.87. The van der Waals surface area contributed by atoms with Crippen LogP contribution in [0.25, 0.3) is 0 Å². The monoisotopic (exact) mass is 212 g/mol. The van der Waals surface area contributed by atoms with E-state index in [9.17, 15) is 0 Å². The molecule has 1 aromatic rings. The maximum atomic E-state index is 5.29. The van der Waals surface area contributed by atoms with Gasteiger partial charge in [-0.25, -0.2) is 10.8 Å². The molecule has 0 aliphatic carbocycles. The minimum atomic E-state index is 0.464. The Morgan fingerprint density at radius 1 is 1.73 bits per heavy atom. The van der Waals surface area contributed by atoms with E-state index in [2.05, 4.69) is 20.8 Å². The number of aryl methyl sites for hydroxylation is 1. The molecule has 0 saturated heterocycles. The third-order valence-corrected chi connectivity index (χ3v) is 1.66. The van der Waals surface area contributed by atoms with Gasteiger partial charge in [0.2, 0.25) is 5.96 Å². The van der Waals surface area contributed by atoms with Gasteiger partial charge in [0, 0.05) is 26.4 Å². The molecule has 1 aromatic heterocycles. The van der Waals surface area contributed by atoms with Crippen molar-refractivity contribution in [1.29, 1.82) is 0 Å². The number of nitrogens with zero attached hydrogens (tertiary/aromatic N) is 3. The second kappa shape index (κ2) is 5.99. The topological polar surface area (TPSA) is 89.5 Å². The van der Waals surface area contributed by atoms with E-state index in [1.54, 1.807) is 11.8 Å². The Balaban J connectivity index is 2.49. The Labute approximate surface area is 88.3 Å². The molecule has 0 unspecified atom stereocenters. The van der Waals surface area contributed by atoms with Gasteiger partial charge in [-0.3, -0.25) is 10.1 Å². The molecule has 0 aromatic carbocycles. The highest BCUT2D eigenvalue weighted by molar-refractivity contribution is 5.92. The summed E-state index contributed by atoms with van der Waals surface area (Å²) in [4.78, 5) is 4.13. The van der Waals surface area contributed by atoms with Gasteiger partial charge in [-0.2, -0.15) is 5.10 Å². The molecular weight excluding hydrogens is 196 g/mol. The lowest BCUT2D eigenvalue weighted by atomic mass is 10.6. The SMILES string of the molecule is COCCN=C(NN)Nc1ccn(C)n1. The van der Waals surface area contributed by atoms with Crippen LogP contribution < -0.4 is 16.6 Å². The van der Waals surface area contributed by atoms with Gasteiger partial charge < -0.3 is 10.1 Å². The highest BCUT2D eigenvalue weighted by atomic mass is 16.5. The van der Waals surface area contributed by atoms with Gasteiger partial charge in [0.25, 0.3) is 0 Å². The zero-order chi connectivity index (χ0) is 11.1. The number of hydrogen-bond acceptors (Lipinski definition) is 4. The van der Waals surface area contributed by atoms with Crippen LogP contribution in [0.15, 0.2) is 17.3 Å². The number of anilines is 1. The Hall–Kier alpha value is -1.60. The average Bonchev–Trinajstić information content (AvgIpc) is 2.63. The third-order valence-electron chi connectivity index (χ3n) is 1.66. The fourth-order valence-corrected chi connectivity index (χ4v) is 0.973. The molecule has 0 fully saturated rings. The molecule has 7 heteroatoms. The van der Waals surface area contributed by atoms with E-state index < -0.39 is 0 Å². The van der Waals surface area contributed by atoms with Gasteiger partial charge >= 0.3 is 0 Å². The molecule has 1 rings (SSSR count). The summed E-state index contributed by atoms with van der Waals surface area (Å²) in [5.41, 5.74) is 2.45. The zero-order valence-electron chi connectivity index (χ0n) is 8.90. The first-order chi connectivity index (χ1) is 7.26. The number of ether oxygens (including phenoxy) is 1. The minimum absolute atomic E-state index is 0.464. The standard InChI is InChI=1S/C8H16N6O/c1-14-5-3-7(13-14)11-8(12-9)10-4-6-15-2/h3,5H,4,6,9H2,1-2H3,(H2,10,11,12,13). The fourth-order valence-electron chi connectivity index (χ4n) is 0.973. The highest BCUT2D eigenvalue weighted by Crippen LogP contribution is 1.99. The molecule has 15 heavy (non-hydrogen) atoms. The molecule has 0 aliphatic rings. The lowest BCUT2D eigenvalue weighted by Crippen LogP contribution is -2.36. The summed E-state index contributed by atoms with van der Waals surface area (Å²) in [6.45, 7) is 1.09. The van der Waals surface area contributed by atoms with Crippen molar-refractivity contribution in [3.05, 3.63) is 12.3 Å². The number of aliphatic imine (C=N–C) groups is 1. The van der Waals surface area contributed by atoms with E-state index in [-0.39, 0.29) is 0 Å². The largest absolute Gasteiger partial charge is 0.383 e. The number of rotatable bonds is 4. The zero-order valence-corrected chi connectivity index (χ0v) is 8.90. The number of guanidine groups is 1. The molecule has 0 atom stereocenters. The van der Waals surface area contributed by atoms with Crippen LogP contribution in [0.2, 0.25) is 0 Å². The van der Waals surface area contributed by atoms with Gasteiger partial charge in [-0.15, -0.1) is 0 Å². The second-order valence-electron chi connectivity index (χ2n) is 2.87. The van der Waals surface area contributed by atoms with Crippen molar-refractivity contribution in [1.82, 2.24) is 15.2 Å². The van der Waals surface area contributed by atoms with E-state index in [1.165, 1.54) is 0 Å². The Bertz CT molecular complexity index is 321. The fraction of sp³-hybridized carbons (Fsp3) is 0.500. The normalized spacial score (nSPS) is 11.5. The van der Waals surface area contributed by atoms with Crippen LogP contribution in [0, 0.1) is 0 Å². The lowest BCUT2D eigenvalue weighted by molar-refractivity contribution is 0.208. The maximum Gasteiger partial charge on any atom is 0.211 e. The van der Waals surface area contributed by atoms with Crippen LogP contribution in [0.4, 0.5) is 5.82 Å². The first kappa shape index (κ1) is 11.5. The van der Waals surface area contributed by atoms with Gasteiger partial charge in [0.15, 0.2) is 5.82 Å². The highest BCUT2D eigenvalue weighted by Gasteiger charge is 1.99. The maximum absolute atomic E-state index is 5.29. The van der Waals surface area contributed by atoms with Crippen molar-refractivity contribution in [2.75, 3.05) is 25.6 Å². The molecule has 4 N–H and O–H groups in total. The number of hydrazine groups is 1. The van der Waals surface area contributed by atoms with Crippen molar-refractivity contribution in [2.45, 2.75) is 0 Å². The molecule has 0 bridgehead atoms. The van der Waals surface area contributed by atoms with Gasteiger partial charge in [0.05, 0.1) is 13.2 Å². The molecule has 7 nitrogen and oxygen atoms in total. The van der Waals surface area contributed by atoms with Crippen molar-refractivity contribution in [3.63, 3.8) is 0 Å². The molecule has 0 amide bonds. The average molecular weight is 212 g/mol. The van der Waals surface area contributed by atoms with Crippen molar-refractivity contribution in [2.24, 2.45) is 17.9 Å². The summed E-state index contributed by atoms with van der Waals surface area (Å²) < 4.78 is 6.55. The predicted octanol–water partition coefficient (Wildman–Crippen LogP) is -0.702. The van der Waals surface area contributed by atoms with E-state index in [1.807, 2.05) is 19.3 Å². The van der Waals surface area contributed by atoms with Gasteiger partial charge in [-0.05, 0) is 0 Å². The smallest absolute Gasteiger partial charge is 0.211 e. The Morgan fingerprint density at radius 3 is 3.07 bits per heavy atom. The van der Waals surface area contributed by atoms with E-state index in [0.717, 1.165) is 0 Å². The summed E-state index contributed by atoms with van der Waals surface area (Å²) in [6, 6.07) is 1.82. The minimum Gasteiger partial charge on any atom is -0.383 e. The summed E-state index contributed by atoms with van der Waals surface area (Å²) in [7, 11) is 3.46. The summed E-state index contributed by atoms with van der Waals surface area (Å²) in [5.74, 6) is 6.44. The van der Waals surface area contributed by atoms with Gasteiger partial charge in [0.1, 0.15) is 0 Å². The third kappa shape index (κ3) is 3.96. The molecular formula is C8H16N6O. The quantitative estimate of drug-likeness (QED) is 0.202.